The fraction of sp³-hybridized carbons (Fsp3) is 0.444. The number of likely N-dealkylation sites (tertiary alicyclic amines) is 1. The minimum atomic E-state index is -4.83. The van der Waals surface area contributed by atoms with Crippen molar-refractivity contribution in [2.75, 3.05) is 13.1 Å². The second-order valence-electron chi connectivity index (χ2n) is 10.3. The second kappa shape index (κ2) is 11.4. The van der Waals surface area contributed by atoms with Gasteiger partial charge in [-0.05, 0) is 31.0 Å². The number of nitrogens with zero attached hydrogens (tertiary/aromatic N) is 1. The van der Waals surface area contributed by atoms with Gasteiger partial charge in [-0.2, -0.15) is 13.2 Å². The second-order valence-corrected chi connectivity index (χ2v) is 10.3. The lowest BCUT2D eigenvalue weighted by Gasteiger charge is -2.34. The van der Waals surface area contributed by atoms with Crippen molar-refractivity contribution in [1.29, 1.82) is 0 Å². The summed E-state index contributed by atoms with van der Waals surface area (Å²) >= 11 is 0. The fourth-order valence-corrected chi connectivity index (χ4v) is 4.62. The van der Waals surface area contributed by atoms with Crippen LogP contribution in [0.3, 0.4) is 0 Å². The number of phenolic OH excluding ortho intramolecular Hbond substituents is 1. The number of carbonyl (C=O) groups is 3. The Labute approximate surface area is 227 Å². The molecular weight excluding hydrogens is 541 g/mol. The van der Waals surface area contributed by atoms with Crippen molar-refractivity contribution >= 4 is 17.7 Å². The lowest BCUT2D eigenvalue weighted by Crippen LogP contribution is -2.58. The van der Waals surface area contributed by atoms with Crippen LogP contribution in [0.25, 0.3) is 0 Å². The Morgan fingerprint density at radius 2 is 1.70 bits per heavy atom. The summed E-state index contributed by atoms with van der Waals surface area (Å²) in [5.41, 5.74) is -1.49. The molecule has 1 fully saturated rings. The number of nitrogens with one attached hydrogen (secondary N) is 2. The van der Waals surface area contributed by atoms with Gasteiger partial charge in [0.05, 0.1) is 18.0 Å². The molecule has 40 heavy (non-hydrogen) atoms. The Balaban J connectivity index is 1.94. The first kappa shape index (κ1) is 30.8. The highest BCUT2D eigenvalue weighted by Gasteiger charge is 2.64. The summed E-state index contributed by atoms with van der Waals surface area (Å²) in [7, 11) is 0. The van der Waals surface area contributed by atoms with Gasteiger partial charge in [0.15, 0.2) is 6.10 Å². The first-order valence-corrected chi connectivity index (χ1v) is 12.3. The molecule has 0 aliphatic carbocycles. The van der Waals surface area contributed by atoms with Crippen LogP contribution in [0.5, 0.6) is 5.75 Å². The quantitative estimate of drug-likeness (QED) is 0.364. The third kappa shape index (κ3) is 6.52. The number of alkyl halides is 5. The molecule has 2 aromatic rings. The highest BCUT2D eigenvalue weighted by molar-refractivity contribution is 5.97. The van der Waals surface area contributed by atoms with Crippen LogP contribution in [0.4, 0.5) is 22.0 Å². The molecule has 1 saturated heterocycles. The average Bonchev–Trinajstić information content (AvgIpc) is 3.06. The molecule has 13 heteroatoms. The van der Waals surface area contributed by atoms with Gasteiger partial charge in [-0.25, -0.2) is 8.78 Å². The van der Waals surface area contributed by atoms with Crippen LogP contribution in [0, 0.1) is 12.3 Å². The zero-order valence-electron chi connectivity index (χ0n) is 21.9. The lowest BCUT2D eigenvalue weighted by atomic mass is 9.81. The van der Waals surface area contributed by atoms with E-state index in [1.165, 1.54) is 25.1 Å². The summed E-state index contributed by atoms with van der Waals surface area (Å²) in [4.78, 5) is 39.6. The van der Waals surface area contributed by atoms with E-state index in [9.17, 15) is 46.5 Å². The van der Waals surface area contributed by atoms with Gasteiger partial charge in [-0.1, -0.05) is 50.2 Å². The number of aliphatic hydroxyl groups excluding tert-OH is 1. The van der Waals surface area contributed by atoms with Crippen molar-refractivity contribution in [2.24, 2.45) is 5.41 Å². The lowest BCUT2D eigenvalue weighted by molar-refractivity contribution is -0.151. The number of carbonyl (C=O) groups excluding carboxylic acids is 3. The predicted octanol–water partition coefficient (Wildman–Crippen LogP) is 2.95. The Morgan fingerprint density at radius 3 is 2.30 bits per heavy atom. The number of benzene rings is 2. The van der Waals surface area contributed by atoms with E-state index in [1.54, 1.807) is 35.6 Å². The zero-order chi connectivity index (χ0) is 30.0. The van der Waals surface area contributed by atoms with Gasteiger partial charge in [-0.15, -0.1) is 0 Å². The van der Waals surface area contributed by atoms with E-state index in [0.29, 0.717) is 10.5 Å². The van der Waals surface area contributed by atoms with Gasteiger partial charge in [0.2, 0.25) is 5.91 Å². The third-order valence-corrected chi connectivity index (χ3v) is 7.10. The third-order valence-electron chi connectivity index (χ3n) is 7.10. The standard InChI is InChI=1S/C27H30F5N3O5/c1-15-17(10-7-11-19(15)36)22(38)34-18(12-16-8-5-4-6-9-16)20(37)24(40)35-14-26(28,29)25(2,3)21(35)23(39)33-13-27(30,31)32/h4-11,18,20-21,36-37H,12-14H2,1-3H3,(H,33,39)(H,34,38)/t18?,20?,21-/m1/s1. The largest absolute Gasteiger partial charge is 0.508 e. The molecule has 3 rings (SSSR count). The van der Waals surface area contributed by atoms with Crippen LogP contribution in [0.2, 0.25) is 0 Å². The minimum Gasteiger partial charge on any atom is -0.508 e. The van der Waals surface area contributed by atoms with Gasteiger partial charge < -0.3 is 25.7 Å². The maximum Gasteiger partial charge on any atom is 0.405 e. The molecule has 1 aliphatic heterocycles. The Kier molecular flexibility index (Phi) is 8.77. The van der Waals surface area contributed by atoms with E-state index in [2.05, 4.69) is 5.32 Å². The van der Waals surface area contributed by atoms with Crippen molar-refractivity contribution in [3.63, 3.8) is 0 Å². The molecular formula is C27H30F5N3O5. The molecule has 3 atom stereocenters. The van der Waals surface area contributed by atoms with E-state index in [0.717, 1.165) is 13.8 Å². The number of hydrogen-bond acceptors (Lipinski definition) is 5. The molecule has 218 valence electrons. The van der Waals surface area contributed by atoms with Crippen LogP contribution in [0.1, 0.15) is 35.3 Å². The molecule has 0 spiro atoms. The normalized spacial score (nSPS) is 19.5. The molecule has 3 amide bonds. The summed E-state index contributed by atoms with van der Waals surface area (Å²) in [6.45, 7) is 0.218. The summed E-state index contributed by atoms with van der Waals surface area (Å²) in [6.07, 6.45) is -7.13. The van der Waals surface area contributed by atoms with E-state index in [-0.39, 0.29) is 23.3 Å². The average molecular weight is 572 g/mol. The number of hydrogen-bond donors (Lipinski definition) is 4. The van der Waals surface area contributed by atoms with E-state index in [4.69, 9.17) is 0 Å². The molecule has 2 aromatic carbocycles. The van der Waals surface area contributed by atoms with Crippen molar-refractivity contribution < 1.29 is 46.5 Å². The molecule has 2 unspecified atom stereocenters. The molecule has 0 saturated carbocycles. The van der Waals surface area contributed by atoms with Crippen LogP contribution in [0.15, 0.2) is 48.5 Å². The van der Waals surface area contributed by atoms with Crippen molar-refractivity contribution in [3.05, 3.63) is 65.2 Å². The number of rotatable bonds is 8. The molecule has 8 nitrogen and oxygen atoms in total. The van der Waals surface area contributed by atoms with Crippen molar-refractivity contribution in [3.8, 4) is 5.75 Å². The van der Waals surface area contributed by atoms with Gasteiger partial charge in [0.25, 0.3) is 17.7 Å². The van der Waals surface area contributed by atoms with Crippen molar-refractivity contribution in [1.82, 2.24) is 15.5 Å². The molecule has 1 heterocycles. The van der Waals surface area contributed by atoms with Gasteiger partial charge in [0, 0.05) is 11.1 Å². The maximum absolute atomic E-state index is 15.0. The number of halogens is 5. The van der Waals surface area contributed by atoms with Crippen LogP contribution in [-0.2, 0) is 16.0 Å². The Hall–Kier alpha value is -3.74. The van der Waals surface area contributed by atoms with Gasteiger partial charge in [0.1, 0.15) is 18.3 Å². The smallest absolute Gasteiger partial charge is 0.405 e. The minimum absolute atomic E-state index is 0.0240. The summed E-state index contributed by atoms with van der Waals surface area (Å²) in [5, 5.41) is 25.1. The molecule has 0 aromatic heterocycles. The van der Waals surface area contributed by atoms with Gasteiger partial charge in [-0.3, -0.25) is 14.4 Å². The summed E-state index contributed by atoms with van der Waals surface area (Å²) in [5.74, 6) is -7.49. The predicted molar refractivity (Wildman–Crippen MR) is 134 cm³/mol. The molecule has 0 bridgehead atoms. The maximum atomic E-state index is 15.0. The SMILES string of the molecule is Cc1c(O)cccc1C(=O)NC(Cc1ccccc1)C(O)C(=O)N1CC(F)(F)C(C)(C)[C@H]1C(=O)NCC(F)(F)F. The Morgan fingerprint density at radius 1 is 1.07 bits per heavy atom. The van der Waals surface area contributed by atoms with E-state index >= 15 is 0 Å². The van der Waals surface area contributed by atoms with Crippen LogP contribution >= 0.6 is 0 Å². The summed E-state index contributed by atoms with van der Waals surface area (Å²) < 4.78 is 68.1. The molecule has 1 aliphatic rings. The van der Waals surface area contributed by atoms with Crippen LogP contribution < -0.4 is 10.6 Å². The number of aromatic hydroxyl groups is 1. The topological polar surface area (TPSA) is 119 Å². The fourth-order valence-electron chi connectivity index (χ4n) is 4.62. The number of phenols is 1. The zero-order valence-corrected chi connectivity index (χ0v) is 21.9. The number of amides is 3. The van der Waals surface area contributed by atoms with Gasteiger partial charge >= 0.3 is 6.18 Å². The summed E-state index contributed by atoms with van der Waals surface area (Å²) in [6, 6.07) is 8.99. The first-order chi connectivity index (χ1) is 18.5. The Bertz CT molecular complexity index is 1250. The van der Waals surface area contributed by atoms with E-state index in [1.807, 2.05) is 0 Å². The monoisotopic (exact) mass is 571 g/mol. The highest BCUT2D eigenvalue weighted by atomic mass is 19.4. The van der Waals surface area contributed by atoms with E-state index < -0.39 is 66.5 Å². The molecule has 4 N–H and O–H groups in total. The van der Waals surface area contributed by atoms with Crippen LogP contribution in [-0.4, -0.2) is 76.2 Å². The first-order valence-electron chi connectivity index (χ1n) is 12.3. The van der Waals surface area contributed by atoms with Crippen molar-refractivity contribution in [2.45, 2.75) is 57.5 Å². The highest BCUT2D eigenvalue weighted by Crippen LogP contribution is 2.48. The molecule has 0 radical (unpaired) electrons. The number of aliphatic hydroxyl groups is 1.